The van der Waals surface area contributed by atoms with E-state index in [0.717, 1.165) is 16.3 Å². The van der Waals surface area contributed by atoms with Gasteiger partial charge in [-0.25, -0.2) is 0 Å². The van der Waals surface area contributed by atoms with Crippen molar-refractivity contribution in [3.8, 4) is 5.75 Å². The predicted octanol–water partition coefficient (Wildman–Crippen LogP) is 3.43. The van der Waals surface area contributed by atoms with Crippen molar-refractivity contribution in [2.45, 2.75) is 4.90 Å². The largest absolute Gasteiger partial charge is 0.497 e. The van der Waals surface area contributed by atoms with Gasteiger partial charge in [-0.1, -0.05) is 18.2 Å². The molecule has 0 heterocycles. The van der Waals surface area contributed by atoms with E-state index in [-0.39, 0.29) is 5.91 Å². The number of carbonyl (C=O) groups is 1. The van der Waals surface area contributed by atoms with Crippen LogP contribution in [0.15, 0.2) is 59.5 Å². The van der Waals surface area contributed by atoms with Gasteiger partial charge < -0.3 is 10.1 Å². The van der Waals surface area contributed by atoms with E-state index in [9.17, 15) is 4.79 Å². The minimum absolute atomic E-state index is 0.0148. The van der Waals surface area contributed by atoms with Gasteiger partial charge in [0, 0.05) is 10.6 Å². The number of ether oxygens (including phenoxy) is 1. The molecule has 0 saturated carbocycles. The topological polar surface area (TPSA) is 38.3 Å². The summed E-state index contributed by atoms with van der Waals surface area (Å²) in [7, 11) is 1.62. The smallest absolute Gasteiger partial charge is 0.234 e. The number of carbonyl (C=O) groups excluding carboxylic acids is 1. The number of hydrogen-bond donors (Lipinski definition) is 1. The quantitative estimate of drug-likeness (QED) is 0.848. The molecule has 2 aromatic rings. The van der Waals surface area contributed by atoms with Gasteiger partial charge in [0.25, 0.3) is 0 Å². The van der Waals surface area contributed by atoms with E-state index in [1.54, 1.807) is 7.11 Å². The molecule has 2 aromatic carbocycles. The first-order valence-corrected chi connectivity index (χ1v) is 6.88. The maximum absolute atomic E-state index is 11.8. The van der Waals surface area contributed by atoms with Crippen LogP contribution in [-0.4, -0.2) is 18.8 Å². The van der Waals surface area contributed by atoms with Crippen LogP contribution in [0.2, 0.25) is 0 Å². The number of amides is 1. The molecule has 19 heavy (non-hydrogen) atoms. The second-order valence-electron chi connectivity index (χ2n) is 3.88. The number of rotatable bonds is 5. The maximum Gasteiger partial charge on any atom is 0.234 e. The Bertz CT molecular complexity index is 526. The Morgan fingerprint density at radius 3 is 2.42 bits per heavy atom. The van der Waals surface area contributed by atoms with Crippen molar-refractivity contribution in [2.75, 3.05) is 18.2 Å². The van der Waals surface area contributed by atoms with Crippen LogP contribution in [0.25, 0.3) is 0 Å². The fourth-order valence-corrected chi connectivity index (χ4v) is 2.26. The summed E-state index contributed by atoms with van der Waals surface area (Å²) in [5.41, 5.74) is 0.777. The third-order valence-electron chi connectivity index (χ3n) is 2.49. The highest BCUT2D eigenvalue weighted by molar-refractivity contribution is 8.00. The number of methoxy groups -OCH3 is 1. The van der Waals surface area contributed by atoms with Gasteiger partial charge in [0.05, 0.1) is 12.9 Å². The molecule has 0 fully saturated rings. The van der Waals surface area contributed by atoms with Gasteiger partial charge in [-0.2, -0.15) is 0 Å². The summed E-state index contributed by atoms with van der Waals surface area (Å²) in [5, 5.41) is 2.85. The van der Waals surface area contributed by atoms with Gasteiger partial charge in [0.2, 0.25) is 5.91 Å². The Kier molecular flexibility index (Phi) is 4.86. The molecule has 0 unspecified atom stereocenters. The van der Waals surface area contributed by atoms with Gasteiger partial charge in [0.15, 0.2) is 0 Å². The molecule has 0 atom stereocenters. The van der Waals surface area contributed by atoms with Gasteiger partial charge in [-0.05, 0) is 36.4 Å². The van der Waals surface area contributed by atoms with Crippen molar-refractivity contribution in [1.82, 2.24) is 0 Å². The summed E-state index contributed by atoms with van der Waals surface area (Å²) in [6.45, 7) is 0. The molecule has 2 rings (SSSR count). The lowest BCUT2D eigenvalue weighted by molar-refractivity contribution is -0.113. The molecular weight excluding hydrogens is 258 g/mol. The molecule has 3 nitrogen and oxygen atoms in total. The van der Waals surface area contributed by atoms with Gasteiger partial charge in [-0.15, -0.1) is 11.8 Å². The van der Waals surface area contributed by atoms with Gasteiger partial charge in [0.1, 0.15) is 5.75 Å². The zero-order valence-electron chi connectivity index (χ0n) is 10.6. The average Bonchev–Trinajstić information content (AvgIpc) is 2.47. The van der Waals surface area contributed by atoms with Crippen LogP contribution in [0.3, 0.4) is 0 Å². The molecule has 4 heteroatoms. The third kappa shape index (κ3) is 4.34. The van der Waals surface area contributed by atoms with E-state index in [1.807, 2.05) is 54.6 Å². The monoisotopic (exact) mass is 273 g/mol. The highest BCUT2D eigenvalue weighted by Gasteiger charge is 2.03. The summed E-state index contributed by atoms with van der Waals surface area (Å²) >= 11 is 1.52. The number of hydrogen-bond acceptors (Lipinski definition) is 3. The van der Waals surface area contributed by atoms with Gasteiger partial charge >= 0.3 is 0 Å². The fraction of sp³-hybridized carbons (Fsp3) is 0.133. The van der Waals surface area contributed by atoms with Crippen LogP contribution >= 0.6 is 11.8 Å². The van der Waals surface area contributed by atoms with Crippen molar-refractivity contribution in [1.29, 1.82) is 0 Å². The number of anilines is 1. The van der Waals surface area contributed by atoms with Crippen LogP contribution in [0, 0.1) is 0 Å². The SMILES string of the molecule is COc1ccc(NC(=O)CSc2ccccc2)cc1. The van der Waals surface area contributed by atoms with Crippen molar-refractivity contribution < 1.29 is 9.53 Å². The van der Waals surface area contributed by atoms with Crippen molar-refractivity contribution in [3.05, 3.63) is 54.6 Å². The van der Waals surface area contributed by atoms with Crippen LogP contribution in [0.5, 0.6) is 5.75 Å². The Balaban J connectivity index is 1.83. The van der Waals surface area contributed by atoms with Crippen LogP contribution < -0.4 is 10.1 Å². The molecule has 0 bridgehead atoms. The van der Waals surface area contributed by atoms with E-state index < -0.39 is 0 Å². The first-order valence-electron chi connectivity index (χ1n) is 5.89. The zero-order valence-corrected chi connectivity index (χ0v) is 11.4. The Morgan fingerprint density at radius 1 is 1.11 bits per heavy atom. The average molecular weight is 273 g/mol. The standard InChI is InChI=1S/C15H15NO2S/c1-18-13-9-7-12(8-10-13)16-15(17)11-19-14-5-3-2-4-6-14/h2-10H,11H2,1H3,(H,16,17). The third-order valence-corrected chi connectivity index (χ3v) is 3.50. The molecule has 0 aliphatic carbocycles. The van der Waals surface area contributed by atoms with E-state index in [2.05, 4.69) is 5.32 Å². The van der Waals surface area contributed by atoms with Crippen molar-refractivity contribution >= 4 is 23.4 Å². The van der Waals surface area contributed by atoms with Crippen molar-refractivity contribution in [2.24, 2.45) is 0 Å². The van der Waals surface area contributed by atoms with E-state index in [4.69, 9.17) is 4.74 Å². The first kappa shape index (κ1) is 13.5. The zero-order chi connectivity index (χ0) is 13.5. The second-order valence-corrected chi connectivity index (χ2v) is 4.93. The highest BCUT2D eigenvalue weighted by Crippen LogP contribution is 2.18. The highest BCUT2D eigenvalue weighted by atomic mass is 32.2. The number of thioether (sulfide) groups is 1. The summed E-state index contributed by atoms with van der Waals surface area (Å²) < 4.78 is 5.06. The first-order chi connectivity index (χ1) is 9.28. The normalized spacial score (nSPS) is 9.95. The number of benzene rings is 2. The van der Waals surface area contributed by atoms with Crippen LogP contribution in [-0.2, 0) is 4.79 Å². The van der Waals surface area contributed by atoms with E-state index in [1.165, 1.54) is 11.8 Å². The van der Waals surface area contributed by atoms with Crippen molar-refractivity contribution in [3.63, 3.8) is 0 Å². The maximum atomic E-state index is 11.8. The molecule has 0 saturated heterocycles. The molecule has 0 aromatic heterocycles. The van der Waals surface area contributed by atoms with E-state index >= 15 is 0 Å². The second kappa shape index (κ2) is 6.85. The summed E-state index contributed by atoms with van der Waals surface area (Å²) in [6, 6.07) is 17.2. The molecule has 0 radical (unpaired) electrons. The van der Waals surface area contributed by atoms with E-state index in [0.29, 0.717) is 5.75 Å². The number of nitrogens with one attached hydrogen (secondary N) is 1. The molecule has 0 spiro atoms. The predicted molar refractivity (Wildman–Crippen MR) is 78.8 cm³/mol. The molecule has 98 valence electrons. The Hall–Kier alpha value is -1.94. The molecule has 0 aliphatic rings. The lowest BCUT2D eigenvalue weighted by Gasteiger charge is -2.06. The minimum atomic E-state index is -0.0148. The molecule has 0 aliphatic heterocycles. The molecule has 1 N–H and O–H groups in total. The molecular formula is C15H15NO2S. The van der Waals surface area contributed by atoms with Gasteiger partial charge in [-0.3, -0.25) is 4.79 Å². The Labute approximate surface area is 117 Å². The lowest BCUT2D eigenvalue weighted by Crippen LogP contribution is -2.13. The lowest BCUT2D eigenvalue weighted by atomic mass is 10.3. The summed E-state index contributed by atoms with van der Waals surface area (Å²) in [4.78, 5) is 12.9. The van der Waals surface area contributed by atoms with Crippen LogP contribution in [0.1, 0.15) is 0 Å². The minimum Gasteiger partial charge on any atom is -0.497 e. The summed E-state index contributed by atoms with van der Waals surface area (Å²) in [5.74, 6) is 1.16. The fourth-order valence-electron chi connectivity index (χ4n) is 1.54. The summed E-state index contributed by atoms with van der Waals surface area (Å²) in [6.07, 6.45) is 0. The van der Waals surface area contributed by atoms with Crippen LogP contribution in [0.4, 0.5) is 5.69 Å². The Morgan fingerprint density at radius 2 is 1.79 bits per heavy atom. The molecule has 1 amide bonds.